The van der Waals surface area contributed by atoms with Gasteiger partial charge in [-0.2, -0.15) is 20.6 Å². The molecule has 6 rings (SSSR count). The molecule has 1 amide bonds. The number of nitrogens with two attached hydrogens (primary N) is 1. The Hall–Kier alpha value is -5.28. The average molecular weight is 535 g/mol. The van der Waals surface area contributed by atoms with Gasteiger partial charge in [0, 0.05) is 30.6 Å². The molecular formula is C28H23FN10O. The molecule has 1 saturated heterocycles. The van der Waals surface area contributed by atoms with Gasteiger partial charge in [-0.1, -0.05) is 24.3 Å². The lowest BCUT2D eigenvalue weighted by molar-refractivity contribution is -0.120. The number of carbonyl (C=O) groups excluding carboxylic acids is 1. The third kappa shape index (κ3) is 4.70. The highest BCUT2D eigenvalue weighted by molar-refractivity contribution is 5.84. The van der Waals surface area contributed by atoms with E-state index in [1.165, 1.54) is 6.07 Å². The fraction of sp³-hybridized carbons (Fsp3) is 0.179. The fourth-order valence-electron chi connectivity index (χ4n) is 4.85. The van der Waals surface area contributed by atoms with Crippen LogP contribution in [-0.4, -0.2) is 48.3 Å². The van der Waals surface area contributed by atoms with Gasteiger partial charge in [0.2, 0.25) is 5.91 Å². The van der Waals surface area contributed by atoms with E-state index in [0.717, 1.165) is 0 Å². The van der Waals surface area contributed by atoms with Crippen molar-refractivity contribution in [1.82, 2.24) is 40.4 Å². The van der Waals surface area contributed by atoms with Gasteiger partial charge in [0.05, 0.1) is 35.8 Å². The number of rotatable bonds is 7. The lowest BCUT2D eigenvalue weighted by atomic mass is 10.0. The number of nitrogens with one attached hydrogen (secondary N) is 2. The molecule has 2 aromatic carbocycles. The summed E-state index contributed by atoms with van der Waals surface area (Å²) in [4.78, 5) is 21.2. The molecule has 40 heavy (non-hydrogen) atoms. The van der Waals surface area contributed by atoms with Crippen LogP contribution >= 0.6 is 0 Å². The Bertz CT molecular complexity index is 1780. The van der Waals surface area contributed by atoms with Crippen LogP contribution in [0.1, 0.15) is 28.9 Å². The second kappa shape index (κ2) is 10.5. The quantitative estimate of drug-likeness (QED) is 0.285. The summed E-state index contributed by atoms with van der Waals surface area (Å²) in [6.07, 6.45) is 3.89. The highest BCUT2D eigenvalue weighted by atomic mass is 19.1. The first kappa shape index (κ1) is 25.0. The molecule has 1 atom stereocenters. The Balaban J connectivity index is 1.44. The molecule has 0 radical (unpaired) electrons. The highest BCUT2D eigenvalue weighted by Crippen LogP contribution is 2.33. The van der Waals surface area contributed by atoms with E-state index < -0.39 is 5.82 Å². The number of nitriles is 1. The lowest BCUT2D eigenvalue weighted by Crippen LogP contribution is -2.35. The van der Waals surface area contributed by atoms with Crippen LogP contribution in [0.25, 0.3) is 28.2 Å². The summed E-state index contributed by atoms with van der Waals surface area (Å²) in [5.41, 5.74) is 10.6. The predicted molar refractivity (Wildman–Crippen MR) is 144 cm³/mol. The Morgan fingerprint density at radius 1 is 1.15 bits per heavy atom. The minimum absolute atomic E-state index is 0.0582. The molecular weight excluding hydrogens is 511 g/mol. The van der Waals surface area contributed by atoms with Crippen molar-refractivity contribution in [2.75, 3.05) is 12.3 Å². The maximum atomic E-state index is 15.1. The molecule has 4 N–H and O–H groups in total. The standard InChI is InChI=1S/C28H23FN10O/c29-21-6-2-5-18(14-33-22-8-9-32-28(22)40)20(21)12-23-36-27-26(31)37-24(17-4-1-3-16(11-17)13-30)25(39(27)38-23)19-7-10-34-35-15-19/h1-7,10-11,15,22,33H,8-9,12,14H2,(H2,31,37)(H,32,40)/t22-/m0/s1. The van der Waals surface area contributed by atoms with E-state index >= 15 is 4.39 Å². The molecule has 1 aliphatic heterocycles. The number of halogens is 1. The third-order valence-electron chi connectivity index (χ3n) is 6.81. The molecule has 0 unspecified atom stereocenters. The normalized spacial score (nSPS) is 14.8. The van der Waals surface area contributed by atoms with E-state index in [1.54, 1.807) is 47.2 Å². The first-order chi connectivity index (χ1) is 19.5. The number of aromatic nitrogens is 6. The number of hydrogen-bond donors (Lipinski definition) is 3. The second-order valence-electron chi connectivity index (χ2n) is 9.35. The maximum absolute atomic E-state index is 15.1. The van der Waals surface area contributed by atoms with Gasteiger partial charge in [0.25, 0.3) is 0 Å². The van der Waals surface area contributed by atoms with E-state index in [9.17, 15) is 10.1 Å². The Morgan fingerprint density at radius 3 is 2.80 bits per heavy atom. The van der Waals surface area contributed by atoms with Crippen molar-refractivity contribution in [2.45, 2.75) is 25.4 Å². The number of carbonyl (C=O) groups is 1. The topological polar surface area (TPSA) is 160 Å². The van der Waals surface area contributed by atoms with Crippen LogP contribution in [0.4, 0.5) is 10.2 Å². The van der Waals surface area contributed by atoms with Crippen molar-refractivity contribution in [2.24, 2.45) is 0 Å². The van der Waals surface area contributed by atoms with Crippen LogP contribution in [0, 0.1) is 17.1 Å². The first-order valence-corrected chi connectivity index (χ1v) is 12.6. The molecule has 198 valence electrons. The summed E-state index contributed by atoms with van der Waals surface area (Å²) >= 11 is 0. The molecule has 0 aliphatic carbocycles. The van der Waals surface area contributed by atoms with Crippen LogP contribution in [0.15, 0.2) is 60.9 Å². The van der Waals surface area contributed by atoms with Gasteiger partial charge in [-0.25, -0.2) is 18.9 Å². The van der Waals surface area contributed by atoms with Crippen molar-refractivity contribution in [3.05, 3.63) is 89.3 Å². The maximum Gasteiger partial charge on any atom is 0.237 e. The highest BCUT2D eigenvalue weighted by Gasteiger charge is 2.25. The number of nitrogen functional groups attached to an aromatic ring is 1. The zero-order valence-corrected chi connectivity index (χ0v) is 21.2. The number of fused-ring (bicyclic) bond motifs is 1. The zero-order valence-electron chi connectivity index (χ0n) is 21.2. The minimum atomic E-state index is -0.396. The number of hydrogen-bond acceptors (Lipinski definition) is 9. The Morgan fingerprint density at radius 2 is 2.02 bits per heavy atom. The van der Waals surface area contributed by atoms with E-state index in [1.807, 2.05) is 12.1 Å². The van der Waals surface area contributed by atoms with E-state index in [4.69, 9.17) is 10.8 Å². The number of amides is 1. The summed E-state index contributed by atoms with van der Waals surface area (Å²) < 4.78 is 16.7. The lowest BCUT2D eigenvalue weighted by Gasteiger charge is -2.13. The summed E-state index contributed by atoms with van der Waals surface area (Å²) in [5.74, 6) is 0.0130. The fourth-order valence-corrected chi connectivity index (χ4v) is 4.85. The molecule has 3 aromatic heterocycles. The van der Waals surface area contributed by atoms with Gasteiger partial charge in [0.15, 0.2) is 17.3 Å². The summed E-state index contributed by atoms with van der Waals surface area (Å²) in [6.45, 7) is 0.931. The summed E-state index contributed by atoms with van der Waals surface area (Å²) in [7, 11) is 0. The summed E-state index contributed by atoms with van der Waals surface area (Å²) in [5, 5.41) is 28.0. The van der Waals surface area contributed by atoms with E-state index in [2.05, 4.69) is 36.9 Å². The van der Waals surface area contributed by atoms with Crippen molar-refractivity contribution in [1.29, 1.82) is 5.26 Å². The molecule has 1 aliphatic rings. The second-order valence-corrected chi connectivity index (χ2v) is 9.35. The SMILES string of the molecule is N#Cc1cccc(-c2nc(N)c3nc(Cc4c(F)cccc4CN[C@H]4CCNC4=O)nn3c2-c2ccnnc2)c1. The molecule has 0 spiro atoms. The van der Waals surface area contributed by atoms with Crippen molar-refractivity contribution >= 4 is 17.4 Å². The van der Waals surface area contributed by atoms with Crippen LogP contribution in [0.2, 0.25) is 0 Å². The van der Waals surface area contributed by atoms with Crippen molar-refractivity contribution in [3.8, 4) is 28.6 Å². The van der Waals surface area contributed by atoms with E-state index in [0.29, 0.717) is 70.2 Å². The molecule has 5 aromatic rings. The molecule has 4 heterocycles. The minimum Gasteiger partial charge on any atom is -0.381 e. The molecule has 1 fully saturated rings. The Labute approximate surface area is 227 Å². The first-order valence-electron chi connectivity index (χ1n) is 12.6. The van der Waals surface area contributed by atoms with Gasteiger partial charge in [-0.05, 0) is 41.8 Å². The molecule has 0 bridgehead atoms. The third-order valence-corrected chi connectivity index (χ3v) is 6.81. The molecule has 11 nitrogen and oxygen atoms in total. The van der Waals surface area contributed by atoms with Crippen LogP contribution in [0.3, 0.4) is 0 Å². The molecule has 12 heteroatoms. The van der Waals surface area contributed by atoms with Crippen molar-refractivity contribution in [3.63, 3.8) is 0 Å². The monoisotopic (exact) mass is 534 g/mol. The van der Waals surface area contributed by atoms with Crippen LogP contribution in [0.5, 0.6) is 0 Å². The zero-order chi connectivity index (χ0) is 27.6. The largest absolute Gasteiger partial charge is 0.381 e. The number of benzene rings is 2. The number of nitrogens with zero attached hydrogens (tertiary/aromatic N) is 7. The van der Waals surface area contributed by atoms with Crippen LogP contribution < -0.4 is 16.4 Å². The smallest absolute Gasteiger partial charge is 0.237 e. The van der Waals surface area contributed by atoms with Gasteiger partial charge in [-0.3, -0.25) is 4.79 Å². The summed E-state index contributed by atoms with van der Waals surface area (Å²) in [6, 6.07) is 15.4. The van der Waals surface area contributed by atoms with Gasteiger partial charge in [0.1, 0.15) is 11.5 Å². The predicted octanol–water partition coefficient (Wildman–Crippen LogP) is 2.41. The average Bonchev–Trinajstić information content (AvgIpc) is 3.59. The molecule has 0 saturated carbocycles. The van der Waals surface area contributed by atoms with Crippen molar-refractivity contribution < 1.29 is 9.18 Å². The van der Waals surface area contributed by atoms with Gasteiger partial charge in [-0.15, -0.1) is 0 Å². The van der Waals surface area contributed by atoms with E-state index in [-0.39, 0.29) is 24.2 Å². The van der Waals surface area contributed by atoms with Gasteiger partial charge >= 0.3 is 0 Å². The van der Waals surface area contributed by atoms with Gasteiger partial charge < -0.3 is 16.4 Å². The Kier molecular flexibility index (Phi) is 6.55. The number of anilines is 1. The van der Waals surface area contributed by atoms with Crippen LogP contribution in [-0.2, 0) is 17.8 Å².